The van der Waals surface area contributed by atoms with E-state index in [4.69, 9.17) is 4.74 Å². The third-order valence-electron chi connectivity index (χ3n) is 3.57. The highest BCUT2D eigenvalue weighted by Gasteiger charge is 2.33. The molecule has 0 heterocycles. The normalized spacial score (nSPS) is 12.9. The molecule has 1 aromatic carbocycles. The Morgan fingerprint density at radius 1 is 1.24 bits per heavy atom. The van der Waals surface area contributed by atoms with Gasteiger partial charge < -0.3 is 15.2 Å². The van der Waals surface area contributed by atoms with Crippen LogP contribution in [0.5, 0.6) is 0 Å². The molecule has 0 saturated carbocycles. The second-order valence-electron chi connectivity index (χ2n) is 5.86. The molecule has 1 aromatic rings. The number of benzene rings is 1. The van der Waals surface area contributed by atoms with Crippen LogP contribution < -0.4 is 5.32 Å². The molecule has 5 nitrogen and oxygen atoms in total. The summed E-state index contributed by atoms with van der Waals surface area (Å²) in [6.45, 7) is 7.08. The number of hydrogen-bond acceptors (Lipinski definition) is 4. The average Bonchev–Trinajstić information content (AvgIpc) is 2.43. The summed E-state index contributed by atoms with van der Waals surface area (Å²) in [6.07, 6.45) is 0. The van der Waals surface area contributed by atoms with E-state index in [9.17, 15) is 14.7 Å². The lowest BCUT2D eigenvalue weighted by molar-refractivity contribution is -0.143. The van der Waals surface area contributed by atoms with E-state index in [2.05, 4.69) is 5.32 Å². The molecule has 0 aliphatic carbocycles. The average molecular weight is 293 g/mol. The van der Waals surface area contributed by atoms with Crippen LogP contribution in [-0.2, 0) is 19.7 Å². The largest absolute Gasteiger partial charge is 0.481 e. The molecule has 21 heavy (non-hydrogen) atoms. The number of nitrogens with one attached hydrogen (secondary N) is 1. The van der Waals surface area contributed by atoms with Gasteiger partial charge in [0.05, 0.1) is 12.5 Å². The zero-order valence-electron chi connectivity index (χ0n) is 13.1. The van der Waals surface area contributed by atoms with E-state index in [1.54, 1.807) is 38.1 Å². The number of ether oxygens (including phenoxy) is 1. The van der Waals surface area contributed by atoms with Crippen LogP contribution in [0.25, 0.3) is 0 Å². The number of rotatable bonds is 6. The van der Waals surface area contributed by atoms with Gasteiger partial charge in [0.15, 0.2) is 0 Å². The fourth-order valence-electron chi connectivity index (χ4n) is 2.06. The second kappa shape index (κ2) is 6.61. The lowest BCUT2D eigenvalue weighted by atomic mass is 9.83. The molecule has 116 valence electrons. The zero-order chi connectivity index (χ0) is 16.2. The van der Waals surface area contributed by atoms with Crippen molar-refractivity contribution >= 4 is 17.6 Å². The van der Waals surface area contributed by atoms with Crippen molar-refractivity contribution in [1.82, 2.24) is 0 Å². The summed E-state index contributed by atoms with van der Waals surface area (Å²) in [6, 6.07) is 6.59. The van der Waals surface area contributed by atoms with Crippen LogP contribution >= 0.6 is 0 Å². The number of carbonyl (C=O) groups excluding carboxylic acids is 1. The van der Waals surface area contributed by atoms with Gasteiger partial charge >= 0.3 is 11.9 Å². The monoisotopic (exact) mass is 293 g/mol. The van der Waals surface area contributed by atoms with Gasteiger partial charge in [0.2, 0.25) is 0 Å². The lowest BCUT2D eigenvalue weighted by Gasteiger charge is -2.27. The van der Waals surface area contributed by atoms with Crippen molar-refractivity contribution in [1.29, 1.82) is 0 Å². The smallest absolute Gasteiger partial charge is 0.328 e. The molecule has 1 unspecified atom stereocenters. The van der Waals surface area contributed by atoms with Crippen molar-refractivity contribution in [3.05, 3.63) is 29.8 Å². The van der Waals surface area contributed by atoms with Gasteiger partial charge in [-0.25, -0.2) is 4.79 Å². The highest BCUT2D eigenvalue weighted by atomic mass is 16.5. The number of hydrogen-bond donors (Lipinski definition) is 2. The van der Waals surface area contributed by atoms with Crippen LogP contribution in [0.3, 0.4) is 0 Å². The Kier molecular flexibility index (Phi) is 5.35. The van der Waals surface area contributed by atoms with Crippen molar-refractivity contribution in [3.8, 4) is 0 Å². The third-order valence-corrected chi connectivity index (χ3v) is 3.57. The van der Waals surface area contributed by atoms with E-state index >= 15 is 0 Å². The van der Waals surface area contributed by atoms with Gasteiger partial charge in [-0.15, -0.1) is 0 Å². The molecule has 1 atom stereocenters. The molecular formula is C16H23NO4. The van der Waals surface area contributed by atoms with Crippen molar-refractivity contribution in [2.75, 3.05) is 12.4 Å². The number of anilines is 1. The first-order valence-corrected chi connectivity index (χ1v) is 6.89. The number of esters is 1. The van der Waals surface area contributed by atoms with Crippen LogP contribution in [-0.4, -0.2) is 30.2 Å². The molecule has 0 bridgehead atoms. The van der Waals surface area contributed by atoms with Crippen LogP contribution in [0, 0.1) is 5.92 Å². The van der Waals surface area contributed by atoms with Crippen LogP contribution in [0.2, 0.25) is 0 Å². The summed E-state index contributed by atoms with van der Waals surface area (Å²) in [4.78, 5) is 23.3. The minimum absolute atomic E-state index is 0.0125. The van der Waals surface area contributed by atoms with Gasteiger partial charge in [-0.05, 0) is 31.4 Å². The molecule has 5 heteroatoms. The van der Waals surface area contributed by atoms with Crippen LogP contribution in [0.15, 0.2) is 24.3 Å². The number of carbonyl (C=O) groups is 2. The molecule has 1 rings (SSSR count). The molecule has 2 N–H and O–H groups in total. The molecule has 0 aromatic heterocycles. The quantitative estimate of drug-likeness (QED) is 0.789. The summed E-state index contributed by atoms with van der Waals surface area (Å²) in [5, 5.41) is 12.5. The number of methoxy groups -OCH3 is 1. The van der Waals surface area contributed by atoms with Crippen molar-refractivity contribution in [3.63, 3.8) is 0 Å². The zero-order valence-corrected chi connectivity index (χ0v) is 13.1. The van der Waals surface area contributed by atoms with Crippen molar-refractivity contribution < 1.29 is 19.4 Å². The topological polar surface area (TPSA) is 75.6 Å². The van der Waals surface area contributed by atoms with E-state index in [1.807, 2.05) is 13.8 Å². The summed E-state index contributed by atoms with van der Waals surface area (Å²) < 4.78 is 4.80. The Morgan fingerprint density at radius 3 is 2.29 bits per heavy atom. The third kappa shape index (κ3) is 3.74. The first kappa shape index (κ1) is 17.0. The fourth-order valence-corrected chi connectivity index (χ4v) is 2.06. The Bertz CT molecular complexity index is 523. The van der Waals surface area contributed by atoms with E-state index in [0.717, 1.165) is 0 Å². The SMILES string of the molecule is COC(=O)C(Nc1ccccc1C(C)(C)C(=O)O)C(C)C. The minimum Gasteiger partial charge on any atom is -0.481 e. The molecular weight excluding hydrogens is 270 g/mol. The molecule has 0 amide bonds. The van der Waals surface area contributed by atoms with Gasteiger partial charge in [0.25, 0.3) is 0 Å². The van der Waals surface area contributed by atoms with E-state index in [0.29, 0.717) is 11.3 Å². The highest BCUT2D eigenvalue weighted by Crippen LogP contribution is 2.31. The maximum absolute atomic E-state index is 11.9. The Hall–Kier alpha value is -2.04. The van der Waals surface area contributed by atoms with E-state index in [-0.39, 0.29) is 11.9 Å². The fraction of sp³-hybridized carbons (Fsp3) is 0.500. The predicted molar refractivity (Wildman–Crippen MR) is 81.4 cm³/mol. The minimum atomic E-state index is -1.05. The Morgan fingerprint density at radius 2 is 1.81 bits per heavy atom. The molecule has 0 saturated heterocycles. The summed E-state index contributed by atoms with van der Waals surface area (Å²) in [5.74, 6) is -1.28. The summed E-state index contributed by atoms with van der Waals surface area (Å²) >= 11 is 0. The molecule has 0 aliphatic rings. The standard InChI is InChI=1S/C16H23NO4/c1-10(2)13(14(18)21-5)17-12-9-7-6-8-11(12)16(3,4)15(19)20/h6-10,13,17H,1-5H3,(H,19,20). The molecule has 0 spiro atoms. The van der Waals surface area contributed by atoms with Crippen LogP contribution in [0.4, 0.5) is 5.69 Å². The molecule has 0 aliphatic heterocycles. The number of para-hydroxylation sites is 1. The van der Waals surface area contributed by atoms with Gasteiger partial charge in [-0.1, -0.05) is 32.0 Å². The Balaban J connectivity index is 3.20. The van der Waals surface area contributed by atoms with Crippen LogP contribution in [0.1, 0.15) is 33.3 Å². The highest BCUT2D eigenvalue weighted by molar-refractivity contribution is 5.85. The predicted octanol–water partition coefficient (Wildman–Crippen LogP) is 2.66. The number of carboxylic acid groups (broad SMARTS) is 1. The Labute approximate surface area is 125 Å². The maximum Gasteiger partial charge on any atom is 0.328 e. The number of aliphatic carboxylic acids is 1. The first-order chi connectivity index (χ1) is 9.71. The molecule has 0 fully saturated rings. The summed E-state index contributed by atoms with van der Waals surface area (Å²) in [7, 11) is 1.34. The lowest BCUT2D eigenvalue weighted by Crippen LogP contribution is -2.37. The first-order valence-electron chi connectivity index (χ1n) is 6.89. The van der Waals surface area contributed by atoms with Crippen molar-refractivity contribution in [2.24, 2.45) is 5.92 Å². The van der Waals surface area contributed by atoms with Gasteiger partial charge in [0.1, 0.15) is 6.04 Å². The van der Waals surface area contributed by atoms with Gasteiger partial charge in [-0.3, -0.25) is 4.79 Å². The van der Waals surface area contributed by atoms with E-state index < -0.39 is 17.4 Å². The van der Waals surface area contributed by atoms with Gasteiger partial charge in [0, 0.05) is 5.69 Å². The second-order valence-corrected chi connectivity index (χ2v) is 5.86. The summed E-state index contributed by atoms with van der Waals surface area (Å²) in [5.41, 5.74) is 0.211. The number of carboxylic acids is 1. The maximum atomic E-state index is 11.9. The van der Waals surface area contributed by atoms with E-state index in [1.165, 1.54) is 7.11 Å². The van der Waals surface area contributed by atoms with Crippen molar-refractivity contribution in [2.45, 2.75) is 39.2 Å². The van der Waals surface area contributed by atoms with Gasteiger partial charge in [-0.2, -0.15) is 0 Å². The molecule has 0 radical (unpaired) electrons.